The molecule has 0 aliphatic carbocycles. The molecule has 2 atom stereocenters. The number of nitrogens with two attached hydrogens (primary N) is 1. The molecule has 0 amide bonds. The molecule has 3 N–H and O–H groups in total. The van der Waals surface area contributed by atoms with Gasteiger partial charge < -0.3 is 25.1 Å². The molecule has 3 aromatic rings. The largest absolute Gasteiger partial charge is 0.496 e. The number of ether oxygens (including phenoxy) is 1. The van der Waals surface area contributed by atoms with Crippen LogP contribution in [0.1, 0.15) is 0 Å². The molecule has 2 aliphatic rings. The number of rotatable bonds is 2. The van der Waals surface area contributed by atoms with Gasteiger partial charge in [0.2, 0.25) is 5.95 Å². The van der Waals surface area contributed by atoms with Gasteiger partial charge in [0.1, 0.15) is 16.8 Å². The Labute approximate surface area is 152 Å². The van der Waals surface area contributed by atoms with E-state index < -0.39 is 0 Å². The smallest absolute Gasteiger partial charge is 0.222 e. The fourth-order valence-corrected chi connectivity index (χ4v) is 3.38. The summed E-state index contributed by atoms with van der Waals surface area (Å²) < 4.78 is 11.5. The van der Waals surface area contributed by atoms with Crippen molar-refractivity contribution in [2.75, 3.05) is 30.8 Å². The van der Waals surface area contributed by atoms with Crippen molar-refractivity contribution in [1.29, 1.82) is 0 Å². The Hall–Kier alpha value is -1.84. The predicted molar refractivity (Wildman–Crippen MR) is 104 cm³/mol. The van der Waals surface area contributed by atoms with Gasteiger partial charge in [-0.1, -0.05) is 6.07 Å². The molecule has 24 heavy (non-hydrogen) atoms. The second-order valence-electron chi connectivity index (χ2n) is 5.75. The Balaban J connectivity index is 0.000000845. The first-order valence-corrected chi connectivity index (χ1v) is 7.29. The minimum absolute atomic E-state index is 0. The van der Waals surface area contributed by atoms with E-state index in [1.54, 1.807) is 7.11 Å². The summed E-state index contributed by atoms with van der Waals surface area (Å²) in [6, 6.07) is 6.74. The molecule has 5 rings (SSSR count). The maximum absolute atomic E-state index is 6.02. The highest BCUT2D eigenvalue weighted by Gasteiger charge is 2.47. The normalized spacial score (nSPS) is 21.3. The van der Waals surface area contributed by atoms with Crippen LogP contribution in [0.5, 0.6) is 5.75 Å². The Kier molecular flexibility index (Phi) is 4.18. The Morgan fingerprint density at radius 3 is 2.79 bits per heavy atom. The Morgan fingerprint density at radius 2 is 2.17 bits per heavy atom. The van der Waals surface area contributed by atoms with Crippen molar-refractivity contribution in [1.82, 2.24) is 15.3 Å². The minimum atomic E-state index is 0. The minimum Gasteiger partial charge on any atom is -0.496 e. The zero-order valence-electron chi connectivity index (χ0n) is 13.0. The van der Waals surface area contributed by atoms with Crippen molar-refractivity contribution in [3.63, 3.8) is 0 Å². The van der Waals surface area contributed by atoms with Crippen LogP contribution in [-0.2, 0) is 0 Å². The molecule has 2 aromatic heterocycles. The standard InChI is InChI=1S/C15H15N5O2.2H2S/c1-21-9-3-2-4-10-11(9)12-13(22-10)14(19-15(16)18-12)20-6-7-8(20)5-17-7;;/h2-4,7-8,17H,5-6H2,1H3,(H2,16,18,19);2*1H2/t7?,8-;;/m1../s1. The number of furan rings is 1. The summed E-state index contributed by atoms with van der Waals surface area (Å²) in [7, 11) is 1.64. The van der Waals surface area contributed by atoms with E-state index in [1.807, 2.05) is 18.2 Å². The number of fused-ring (bicyclic) bond motifs is 4. The van der Waals surface area contributed by atoms with E-state index in [1.165, 1.54) is 0 Å². The molecular weight excluding hydrogens is 346 g/mol. The van der Waals surface area contributed by atoms with E-state index in [0.29, 0.717) is 23.2 Å². The topological polar surface area (TPSA) is 89.4 Å². The van der Waals surface area contributed by atoms with Gasteiger partial charge in [0.05, 0.1) is 18.5 Å². The van der Waals surface area contributed by atoms with Gasteiger partial charge in [-0.3, -0.25) is 0 Å². The number of nitrogen functional groups attached to an aromatic ring is 1. The lowest BCUT2D eigenvalue weighted by atomic mass is 9.89. The van der Waals surface area contributed by atoms with Crippen molar-refractivity contribution in [2.45, 2.75) is 12.1 Å². The van der Waals surface area contributed by atoms with Crippen LogP contribution in [0.15, 0.2) is 22.6 Å². The van der Waals surface area contributed by atoms with Crippen LogP contribution in [0, 0.1) is 0 Å². The van der Waals surface area contributed by atoms with E-state index in [-0.39, 0.29) is 32.9 Å². The number of piperazine rings is 1. The van der Waals surface area contributed by atoms with Gasteiger partial charge in [0, 0.05) is 19.1 Å². The fourth-order valence-electron chi connectivity index (χ4n) is 3.38. The van der Waals surface area contributed by atoms with Crippen LogP contribution in [0.2, 0.25) is 0 Å². The zero-order valence-corrected chi connectivity index (χ0v) is 15.0. The number of nitrogens with zero attached hydrogens (tertiary/aromatic N) is 3. The van der Waals surface area contributed by atoms with E-state index in [0.717, 1.165) is 35.6 Å². The second-order valence-corrected chi connectivity index (χ2v) is 5.75. The van der Waals surface area contributed by atoms with E-state index in [2.05, 4.69) is 20.2 Å². The molecule has 9 heteroatoms. The van der Waals surface area contributed by atoms with E-state index >= 15 is 0 Å². The van der Waals surface area contributed by atoms with Crippen LogP contribution < -0.4 is 20.7 Å². The number of benzene rings is 1. The monoisotopic (exact) mass is 365 g/mol. The lowest BCUT2D eigenvalue weighted by molar-refractivity contribution is 0.212. The highest BCUT2D eigenvalue weighted by atomic mass is 32.1. The lowest BCUT2D eigenvalue weighted by Crippen LogP contribution is -2.78. The Bertz CT molecular complexity index is 916. The predicted octanol–water partition coefficient (Wildman–Crippen LogP) is 1.35. The van der Waals surface area contributed by atoms with Crippen molar-refractivity contribution in [3.05, 3.63) is 18.2 Å². The van der Waals surface area contributed by atoms with Crippen molar-refractivity contribution >= 4 is 60.8 Å². The lowest BCUT2D eigenvalue weighted by Gasteiger charge is -2.56. The van der Waals surface area contributed by atoms with E-state index in [4.69, 9.17) is 14.9 Å². The van der Waals surface area contributed by atoms with Gasteiger partial charge in [0.15, 0.2) is 11.4 Å². The third-order valence-corrected chi connectivity index (χ3v) is 4.64. The van der Waals surface area contributed by atoms with Crippen LogP contribution in [0.25, 0.3) is 22.1 Å². The number of anilines is 2. The highest BCUT2D eigenvalue weighted by Crippen LogP contribution is 2.40. The summed E-state index contributed by atoms with van der Waals surface area (Å²) >= 11 is 0. The molecule has 2 aliphatic heterocycles. The first-order chi connectivity index (χ1) is 10.8. The van der Waals surface area contributed by atoms with E-state index in [9.17, 15) is 0 Å². The summed E-state index contributed by atoms with van der Waals surface area (Å²) in [5, 5.41) is 4.23. The van der Waals surface area contributed by atoms with Gasteiger partial charge in [-0.05, 0) is 12.1 Å². The molecule has 0 radical (unpaired) electrons. The summed E-state index contributed by atoms with van der Waals surface area (Å²) in [5.74, 6) is 1.77. The molecule has 0 bridgehead atoms. The quantitative estimate of drug-likeness (QED) is 0.708. The molecule has 0 saturated carbocycles. The SMILES string of the molecule is COc1cccc2oc3c(N4CC5NC[C@H]54)nc(N)nc3c12.S.S. The Morgan fingerprint density at radius 1 is 1.33 bits per heavy atom. The first-order valence-electron chi connectivity index (χ1n) is 7.29. The average Bonchev–Trinajstić information content (AvgIpc) is 2.88. The molecule has 2 saturated heterocycles. The van der Waals surface area contributed by atoms with Crippen molar-refractivity contribution < 1.29 is 9.15 Å². The van der Waals surface area contributed by atoms with Gasteiger partial charge in [0.25, 0.3) is 0 Å². The molecule has 1 aromatic carbocycles. The number of hydrogen-bond acceptors (Lipinski definition) is 7. The van der Waals surface area contributed by atoms with Crippen LogP contribution in [0.4, 0.5) is 11.8 Å². The molecule has 1 unspecified atom stereocenters. The average molecular weight is 365 g/mol. The fraction of sp³-hybridized carbons (Fsp3) is 0.333. The van der Waals surface area contributed by atoms with Gasteiger partial charge in [-0.15, -0.1) is 0 Å². The number of nitrogens with one attached hydrogen (secondary N) is 1. The van der Waals surface area contributed by atoms with Crippen LogP contribution >= 0.6 is 27.0 Å². The molecular formula is C15H19N5O2S2. The van der Waals surface area contributed by atoms with Crippen LogP contribution in [-0.4, -0.2) is 42.3 Å². The molecule has 0 spiro atoms. The number of methoxy groups -OCH3 is 1. The molecule has 4 heterocycles. The number of hydrogen-bond donors (Lipinski definition) is 2. The third kappa shape index (κ3) is 2.11. The summed E-state index contributed by atoms with van der Waals surface area (Å²) in [6.07, 6.45) is 0. The maximum Gasteiger partial charge on any atom is 0.222 e. The third-order valence-electron chi connectivity index (χ3n) is 4.64. The van der Waals surface area contributed by atoms with Gasteiger partial charge >= 0.3 is 0 Å². The molecule has 2 fully saturated rings. The second kappa shape index (κ2) is 5.91. The maximum atomic E-state index is 6.02. The summed E-state index contributed by atoms with van der Waals surface area (Å²) in [6.45, 7) is 1.89. The highest BCUT2D eigenvalue weighted by molar-refractivity contribution is 7.59. The number of aromatic nitrogens is 2. The van der Waals surface area contributed by atoms with Crippen molar-refractivity contribution in [2.24, 2.45) is 0 Å². The van der Waals surface area contributed by atoms with Gasteiger partial charge in [-0.25, -0.2) is 4.98 Å². The van der Waals surface area contributed by atoms with Gasteiger partial charge in [-0.2, -0.15) is 32.0 Å². The van der Waals surface area contributed by atoms with Crippen molar-refractivity contribution in [3.8, 4) is 5.75 Å². The molecule has 7 nitrogen and oxygen atoms in total. The molecule has 128 valence electrons. The van der Waals surface area contributed by atoms with Crippen LogP contribution in [0.3, 0.4) is 0 Å². The summed E-state index contributed by atoms with van der Waals surface area (Å²) in [5.41, 5.74) is 8.06. The zero-order chi connectivity index (χ0) is 14.8. The summed E-state index contributed by atoms with van der Waals surface area (Å²) in [4.78, 5) is 11.0. The first kappa shape index (κ1) is 17.0.